The first-order valence-electron chi connectivity index (χ1n) is 9.27. The van der Waals surface area contributed by atoms with E-state index in [1.165, 1.54) is 4.90 Å². The number of likely N-dealkylation sites (tertiary alicyclic amines) is 1. The van der Waals surface area contributed by atoms with E-state index in [4.69, 9.17) is 16.3 Å². The first kappa shape index (κ1) is 21.4. The van der Waals surface area contributed by atoms with Crippen molar-refractivity contribution in [2.24, 2.45) is 0 Å². The Morgan fingerprint density at radius 3 is 2.52 bits per heavy atom. The number of methoxy groups -OCH3 is 1. The third kappa shape index (κ3) is 4.33. The number of halogens is 1. The summed E-state index contributed by atoms with van der Waals surface area (Å²) in [5, 5.41) is 0.393. The summed E-state index contributed by atoms with van der Waals surface area (Å²) in [4.78, 5) is 41.8. The van der Waals surface area contributed by atoms with Crippen molar-refractivity contribution in [2.45, 2.75) is 38.5 Å². The Balaban J connectivity index is 2.43. The molecule has 1 atom stereocenters. The number of benzene rings is 1. The summed E-state index contributed by atoms with van der Waals surface area (Å²) in [5.74, 6) is -0.777. The second-order valence-corrected chi connectivity index (χ2v) is 7.09. The van der Waals surface area contributed by atoms with Crippen molar-refractivity contribution >= 4 is 29.3 Å². The Morgan fingerprint density at radius 1 is 1.26 bits per heavy atom. The van der Waals surface area contributed by atoms with Gasteiger partial charge in [-0.05, 0) is 31.9 Å². The van der Waals surface area contributed by atoms with E-state index in [0.717, 1.165) is 0 Å². The molecule has 0 aromatic heterocycles. The molecule has 1 aliphatic heterocycles. The van der Waals surface area contributed by atoms with Crippen LogP contribution in [0.1, 0.15) is 38.7 Å². The fourth-order valence-corrected chi connectivity index (χ4v) is 3.95. The summed E-state index contributed by atoms with van der Waals surface area (Å²) in [5.41, 5.74) is -0.706. The first-order chi connectivity index (χ1) is 12.9. The van der Waals surface area contributed by atoms with Crippen LogP contribution in [-0.4, -0.2) is 60.9 Å². The minimum Gasteiger partial charge on any atom is -0.385 e. The number of hydrogen-bond acceptors (Lipinski definition) is 4. The maximum atomic E-state index is 13.4. The maximum absolute atomic E-state index is 13.4. The molecule has 3 amide bonds. The SMILES string of the molecule is CCN(CC)C(=O)CC1(c2ccccc2Cl)CC(=O)N(CCCOC)C1=O. The van der Waals surface area contributed by atoms with Crippen LogP contribution in [-0.2, 0) is 24.5 Å². The van der Waals surface area contributed by atoms with Crippen LogP contribution in [0.5, 0.6) is 0 Å². The molecule has 0 saturated carbocycles. The van der Waals surface area contributed by atoms with Gasteiger partial charge in [0, 0.05) is 51.2 Å². The molecule has 1 aromatic carbocycles. The zero-order valence-electron chi connectivity index (χ0n) is 16.2. The van der Waals surface area contributed by atoms with Crippen LogP contribution in [0.15, 0.2) is 24.3 Å². The molecule has 2 rings (SSSR count). The Morgan fingerprint density at radius 2 is 1.93 bits per heavy atom. The minimum atomic E-state index is -1.25. The molecule has 1 aliphatic rings. The molecule has 27 heavy (non-hydrogen) atoms. The van der Waals surface area contributed by atoms with Gasteiger partial charge in [0.2, 0.25) is 17.7 Å². The van der Waals surface area contributed by atoms with Crippen LogP contribution in [0.4, 0.5) is 0 Å². The average Bonchev–Trinajstić information content (AvgIpc) is 2.88. The molecule has 7 heteroatoms. The Labute approximate surface area is 165 Å². The van der Waals surface area contributed by atoms with Crippen LogP contribution in [0, 0.1) is 0 Å². The fraction of sp³-hybridized carbons (Fsp3) is 0.550. The van der Waals surface area contributed by atoms with Crippen LogP contribution >= 0.6 is 11.6 Å². The zero-order chi connectivity index (χ0) is 20.0. The lowest BCUT2D eigenvalue weighted by Gasteiger charge is -2.30. The van der Waals surface area contributed by atoms with Gasteiger partial charge < -0.3 is 9.64 Å². The standard InChI is InChI=1S/C20H27ClN2O4/c1-4-22(5-2)17(24)13-20(15-9-6-7-10-16(15)21)14-18(25)23(19(20)26)11-8-12-27-3/h6-7,9-10H,4-5,8,11-14H2,1-3H3. The van der Waals surface area contributed by atoms with E-state index in [9.17, 15) is 14.4 Å². The molecule has 0 bridgehead atoms. The van der Waals surface area contributed by atoms with E-state index in [2.05, 4.69) is 0 Å². The van der Waals surface area contributed by atoms with E-state index >= 15 is 0 Å². The lowest BCUT2D eigenvalue weighted by molar-refractivity contribution is -0.142. The van der Waals surface area contributed by atoms with Gasteiger partial charge in [-0.3, -0.25) is 19.3 Å². The van der Waals surface area contributed by atoms with Crippen molar-refractivity contribution in [3.63, 3.8) is 0 Å². The van der Waals surface area contributed by atoms with Crippen molar-refractivity contribution in [2.75, 3.05) is 33.4 Å². The Bertz CT molecular complexity index is 705. The topological polar surface area (TPSA) is 66.9 Å². The highest BCUT2D eigenvalue weighted by atomic mass is 35.5. The number of amides is 3. The number of nitrogens with zero attached hydrogens (tertiary/aromatic N) is 2. The van der Waals surface area contributed by atoms with Gasteiger partial charge in [0.25, 0.3) is 0 Å². The quantitative estimate of drug-likeness (QED) is 0.477. The molecule has 1 unspecified atom stereocenters. The average molecular weight is 395 g/mol. The first-order valence-corrected chi connectivity index (χ1v) is 9.65. The van der Waals surface area contributed by atoms with E-state index < -0.39 is 5.41 Å². The third-order valence-electron chi connectivity index (χ3n) is 5.10. The van der Waals surface area contributed by atoms with Crippen molar-refractivity contribution < 1.29 is 19.1 Å². The fourth-order valence-electron chi connectivity index (χ4n) is 3.63. The lowest BCUT2D eigenvalue weighted by Crippen LogP contribution is -2.44. The van der Waals surface area contributed by atoms with Gasteiger partial charge in [-0.15, -0.1) is 0 Å². The number of imide groups is 1. The molecular formula is C20H27ClN2O4. The zero-order valence-corrected chi connectivity index (χ0v) is 16.9. The molecule has 6 nitrogen and oxygen atoms in total. The summed E-state index contributed by atoms with van der Waals surface area (Å²) in [6.07, 6.45) is 0.440. The third-order valence-corrected chi connectivity index (χ3v) is 5.43. The minimum absolute atomic E-state index is 0.0461. The molecule has 148 valence electrons. The lowest BCUT2D eigenvalue weighted by atomic mass is 9.75. The van der Waals surface area contributed by atoms with E-state index in [-0.39, 0.29) is 37.1 Å². The highest BCUT2D eigenvalue weighted by Crippen LogP contribution is 2.43. The smallest absolute Gasteiger partial charge is 0.240 e. The van der Waals surface area contributed by atoms with Crippen molar-refractivity contribution in [3.05, 3.63) is 34.9 Å². The number of ether oxygens (including phenoxy) is 1. The molecule has 1 fully saturated rings. The van der Waals surface area contributed by atoms with Crippen molar-refractivity contribution in [3.8, 4) is 0 Å². The molecule has 1 saturated heterocycles. The van der Waals surface area contributed by atoms with Gasteiger partial charge in [0.15, 0.2) is 0 Å². The van der Waals surface area contributed by atoms with Crippen LogP contribution in [0.3, 0.4) is 0 Å². The van der Waals surface area contributed by atoms with Crippen LogP contribution < -0.4 is 0 Å². The maximum Gasteiger partial charge on any atom is 0.240 e. The van der Waals surface area contributed by atoms with Crippen LogP contribution in [0.25, 0.3) is 0 Å². The van der Waals surface area contributed by atoms with Crippen LogP contribution in [0.2, 0.25) is 5.02 Å². The predicted octanol–water partition coefficient (Wildman–Crippen LogP) is 2.63. The van der Waals surface area contributed by atoms with Crippen molar-refractivity contribution in [1.29, 1.82) is 0 Å². The molecule has 0 N–H and O–H groups in total. The summed E-state index contributed by atoms with van der Waals surface area (Å²) in [6.45, 7) is 5.61. The molecule has 0 aliphatic carbocycles. The Hall–Kier alpha value is -1.92. The number of rotatable bonds is 9. The molecule has 1 aromatic rings. The van der Waals surface area contributed by atoms with E-state index in [0.29, 0.717) is 36.7 Å². The molecule has 0 radical (unpaired) electrons. The second-order valence-electron chi connectivity index (χ2n) is 6.68. The highest BCUT2D eigenvalue weighted by molar-refractivity contribution is 6.32. The van der Waals surface area contributed by atoms with E-state index in [1.54, 1.807) is 36.3 Å². The summed E-state index contributed by atoms with van der Waals surface area (Å²) in [6, 6.07) is 6.97. The number of carbonyl (C=O) groups excluding carboxylic acids is 3. The van der Waals surface area contributed by atoms with Gasteiger partial charge in [0.1, 0.15) is 0 Å². The van der Waals surface area contributed by atoms with Gasteiger partial charge in [-0.1, -0.05) is 29.8 Å². The molecule has 1 heterocycles. The largest absolute Gasteiger partial charge is 0.385 e. The van der Waals surface area contributed by atoms with Gasteiger partial charge in [-0.2, -0.15) is 0 Å². The summed E-state index contributed by atoms with van der Waals surface area (Å²) >= 11 is 6.39. The predicted molar refractivity (Wildman–Crippen MR) is 104 cm³/mol. The second kappa shape index (κ2) is 9.33. The molecular weight excluding hydrogens is 368 g/mol. The summed E-state index contributed by atoms with van der Waals surface area (Å²) < 4.78 is 5.02. The van der Waals surface area contributed by atoms with Gasteiger partial charge in [0.05, 0.1) is 5.41 Å². The number of carbonyl (C=O) groups is 3. The van der Waals surface area contributed by atoms with Crippen molar-refractivity contribution in [1.82, 2.24) is 9.80 Å². The Kier molecular flexibility index (Phi) is 7.39. The molecule has 0 spiro atoms. The number of hydrogen-bond donors (Lipinski definition) is 0. The monoisotopic (exact) mass is 394 g/mol. The van der Waals surface area contributed by atoms with E-state index in [1.807, 2.05) is 13.8 Å². The normalized spacial score (nSPS) is 19.6. The van der Waals surface area contributed by atoms with Gasteiger partial charge >= 0.3 is 0 Å². The summed E-state index contributed by atoms with van der Waals surface area (Å²) in [7, 11) is 1.57. The van der Waals surface area contributed by atoms with Gasteiger partial charge in [-0.25, -0.2) is 0 Å². The highest BCUT2D eigenvalue weighted by Gasteiger charge is 2.54.